The lowest BCUT2D eigenvalue weighted by molar-refractivity contribution is 0.108. The number of hydrogen-bond acceptors (Lipinski definition) is 5. The smallest absolute Gasteiger partial charge is 0.141 e. The summed E-state index contributed by atoms with van der Waals surface area (Å²) in [5.41, 5.74) is 5.83. The van der Waals surface area contributed by atoms with Crippen molar-refractivity contribution in [3.63, 3.8) is 0 Å². The molecule has 2 N–H and O–H groups in total. The van der Waals surface area contributed by atoms with Crippen LogP contribution in [0.4, 0.5) is 0 Å². The van der Waals surface area contributed by atoms with Crippen LogP contribution in [0.3, 0.4) is 0 Å². The van der Waals surface area contributed by atoms with Crippen LogP contribution in [-0.4, -0.2) is 61.8 Å². The van der Waals surface area contributed by atoms with Crippen LogP contribution in [0.5, 0.6) is 0 Å². The van der Waals surface area contributed by atoms with Gasteiger partial charge in [0.25, 0.3) is 0 Å². The number of aromatic nitrogens is 3. The molecule has 118 valence electrons. The zero-order valence-corrected chi connectivity index (χ0v) is 14.0. The highest BCUT2D eigenvalue weighted by Crippen LogP contribution is 2.13. The third-order valence-electron chi connectivity index (χ3n) is 4.06. The van der Waals surface area contributed by atoms with Gasteiger partial charge < -0.3 is 5.73 Å². The third kappa shape index (κ3) is 3.99. The molecule has 0 bridgehead atoms. The summed E-state index contributed by atoms with van der Waals surface area (Å²) in [6, 6.07) is 0.587. The Labute approximate surface area is 132 Å². The molecule has 1 aliphatic heterocycles. The molecule has 2 heterocycles. The van der Waals surface area contributed by atoms with E-state index in [-0.39, 0.29) is 6.04 Å². The lowest BCUT2D eigenvalue weighted by Gasteiger charge is -2.38. The van der Waals surface area contributed by atoms with Crippen molar-refractivity contribution in [3.05, 3.63) is 12.2 Å². The van der Waals surface area contributed by atoms with Crippen LogP contribution in [-0.2, 0) is 6.54 Å². The second-order valence-electron chi connectivity index (χ2n) is 5.85. The average Bonchev–Trinajstić information content (AvgIpc) is 2.89. The maximum atomic E-state index is 5.83. The molecule has 1 aliphatic rings. The first kappa shape index (κ1) is 16.3. The maximum absolute atomic E-state index is 5.83. The van der Waals surface area contributed by atoms with Crippen LogP contribution in [0, 0.1) is 0 Å². The molecule has 1 fully saturated rings. The average molecular weight is 310 g/mol. The summed E-state index contributed by atoms with van der Waals surface area (Å²) in [4.78, 5) is 9.82. The van der Waals surface area contributed by atoms with E-state index in [0.717, 1.165) is 45.0 Å². The van der Waals surface area contributed by atoms with Gasteiger partial charge in [0.2, 0.25) is 0 Å². The first-order valence-corrected chi connectivity index (χ1v) is 8.07. The van der Waals surface area contributed by atoms with E-state index >= 15 is 0 Å². The van der Waals surface area contributed by atoms with Crippen molar-refractivity contribution in [3.8, 4) is 0 Å². The number of thiocarbonyl (C=S) groups is 1. The zero-order chi connectivity index (χ0) is 15.4. The number of nitrogens with zero attached hydrogens (tertiary/aromatic N) is 5. The van der Waals surface area contributed by atoms with Crippen LogP contribution in [0.15, 0.2) is 6.33 Å². The minimum Gasteiger partial charge on any atom is -0.392 e. The molecule has 0 amide bonds. The molecule has 1 unspecified atom stereocenters. The molecule has 0 saturated carbocycles. The van der Waals surface area contributed by atoms with Gasteiger partial charge in [-0.15, -0.1) is 0 Å². The fraction of sp³-hybridized carbons (Fsp3) is 0.786. The molecule has 1 aromatic rings. The van der Waals surface area contributed by atoms with Crippen molar-refractivity contribution in [2.75, 3.05) is 26.2 Å². The predicted molar refractivity (Wildman–Crippen MR) is 88.1 cm³/mol. The lowest BCUT2D eigenvalue weighted by atomic mass is 10.1. The molecule has 1 aromatic heterocycles. The Kier molecular flexibility index (Phi) is 5.66. The summed E-state index contributed by atoms with van der Waals surface area (Å²) >= 11 is 5.17. The van der Waals surface area contributed by atoms with E-state index in [1.165, 1.54) is 0 Å². The largest absolute Gasteiger partial charge is 0.392 e. The van der Waals surface area contributed by atoms with Gasteiger partial charge >= 0.3 is 0 Å². The van der Waals surface area contributed by atoms with E-state index in [4.69, 9.17) is 18.0 Å². The number of nitrogens with two attached hydrogens (primary N) is 1. The minimum atomic E-state index is 0.237. The Hall–Kier alpha value is -1.05. The van der Waals surface area contributed by atoms with Crippen molar-refractivity contribution in [1.82, 2.24) is 24.6 Å². The van der Waals surface area contributed by atoms with E-state index in [0.29, 0.717) is 11.0 Å². The summed E-state index contributed by atoms with van der Waals surface area (Å²) in [7, 11) is 0. The van der Waals surface area contributed by atoms with Gasteiger partial charge in [0, 0.05) is 32.2 Å². The Morgan fingerprint density at radius 3 is 2.52 bits per heavy atom. The fourth-order valence-electron chi connectivity index (χ4n) is 2.89. The van der Waals surface area contributed by atoms with Crippen LogP contribution in [0.1, 0.15) is 39.1 Å². The predicted octanol–water partition coefficient (Wildman–Crippen LogP) is 1.04. The van der Waals surface area contributed by atoms with Crippen molar-refractivity contribution < 1.29 is 0 Å². The van der Waals surface area contributed by atoms with E-state index in [1.807, 2.05) is 4.68 Å². The number of piperazine rings is 1. The summed E-state index contributed by atoms with van der Waals surface area (Å²) in [6.07, 6.45) is 2.63. The Morgan fingerprint density at radius 1 is 1.33 bits per heavy atom. The van der Waals surface area contributed by atoms with Gasteiger partial charge in [-0.1, -0.05) is 19.1 Å². The number of rotatable bonds is 6. The van der Waals surface area contributed by atoms with Gasteiger partial charge in [-0.2, -0.15) is 5.10 Å². The van der Waals surface area contributed by atoms with E-state index in [2.05, 4.69) is 40.7 Å². The normalized spacial score (nSPS) is 19.0. The Balaban J connectivity index is 1.89. The minimum absolute atomic E-state index is 0.237. The van der Waals surface area contributed by atoms with Gasteiger partial charge in [0.1, 0.15) is 12.2 Å². The van der Waals surface area contributed by atoms with Crippen LogP contribution in [0.25, 0.3) is 0 Å². The Morgan fingerprint density at radius 2 is 2.00 bits per heavy atom. The molecule has 0 radical (unpaired) electrons. The second kappa shape index (κ2) is 7.29. The molecule has 1 saturated heterocycles. The summed E-state index contributed by atoms with van der Waals surface area (Å²) < 4.78 is 2.00. The molecule has 6 nitrogen and oxygen atoms in total. The molecule has 7 heteroatoms. The fourth-order valence-corrected chi connectivity index (χ4v) is 3.21. The van der Waals surface area contributed by atoms with Crippen LogP contribution < -0.4 is 5.73 Å². The van der Waals surface area contributed by atoms with E-state index in [1.54, 1.807) is 6.33 Å². The standard InChI is InChI=1S/C14H26N6S/c1-4-12(14(15)21)19-7-5-18(6-8-19)9-13-16-10-17-20(13)11(2)3/h10-12H,4-9H2,1-3H3,(H2,15,21). The first-order chi connectivity index (χ1) is 10.0. The topological polar surface area (TPSA) is 63.2 Å². The van der Waals surface area contributed by atoms with Crippen LogP contribution >= 0.6 is 12.2 Å². The van der Waals surface area contributed by atoms with Crippen molar-refractivity contribution >= 4 is 17.2 Å². The highest BCUT2D eigenvalue weighted by Gasteiger charge is 2.25. The SMILES string of the molecule is CCC(C(N)=S)N1CCN(Cc2ncnn2C(C)C)CC1. The molecule has 1 atom stereocenters. The van der Waals surface area contributed by atoms with Crippen molar-refractivity contribution in [1.29, 1.82) is 0 Å². The van der Waals surface area contributed by atoms with Crippen LogP contribution in [0.2, 0.25) is 0 Å². The van der Waals surface area contributed by atoms with Crippen molar-refractivity contribution in [2.45, 2.75) is 45.8 Å². The monoisotopic (exact) mass is 310 g/mol. The molecule has 2 rings (SSSR count). The highest BCUT2D eigenvalue weighted by atomic mass is 32.1. The molecule has 0 spiro atoms. The summed E-state index contributed by atoms with van der Waals surface area (Å²) in [5.74, 6) is 1.04. The summed E-state index contributed by atoms with van der Waals surface area (Å²) in [5, 5.41) is 4.30. The molecular formula is C14H26N6S. The molecule has 0 aliphatic carbocycles. The maximum Gasteiger partial charge on any atom is 0.141 e. The lowest BCUT2D eigenvalue weighted by Crippen LogP contribution is -2.53. The van der Waals surface area contributed by atoms with Gasteiger partial charge in [-0.05, 0) is 20.3 Å². The van der Waals surface area contributed by atoms with Gasteiger partial charge in [0.15, 0.2) is 0 Å². The van der Waals surface area contributed by atoms with E-state index in [9.17, 15) is 0 Å². The van der Waals surface area contributed by atoms with Gasteiger partial charge in [0.05, 0.1) is 17.6 Å². The third-order valence-corrected chi connectivity index (χ3v) is 4.34. The highest BCUT2D eigenvalue weighted by molar-refractivity contribution is 7.80. The van der Waals surface area contributed by atoms with Crippen molar-refractivity contribution in [2.24, 2.45) is 5.73 Å². The first-order valence-electron chi connectivity index (χ1n) is 7.67. The zero-order valence-electron chi connectivity index (χ0n) is 13.2. The molecule has 0 aromatic carbocycles. The summed E-state index contributed by atoms with van der Waals surface area (Å²) in [6.45, 7) is 11.3. The molecular weight excluding hydrogens is 284 g/mol. The Bertz CT molecular complexity index is 464. The van der Waals surface area contributed by atoms with Gasteiger partial charge in [-0.25, -0.2) is 9.67 Å². The second-order valence-corrected chi connectivity index (χ2v) is 6.32. The number of hydrogen-bond donors (Lipinski definition) is 1. The quantitative estimate of drug-likeness (QED) is 0.792. The van der Waals surface area contributed by atoms with E-state index < -0.39 is 0 Å². The molecule has 21 heavy (non-hydrogen) atoms. The van der Waals surface area contributed by atoms with Gasteiger partial charge in [-0.3, -0.25) is 9.80 Å².